The Hall–Kier alpha value is -1.32. The Morgan fingerprint density at radius 1 is 1.45 bits per heavy atom. The Kier molecular flexibility index (Phi) is 3.95. The number of nitrogens with zero attached hydrogens (tertiary/aromatic N) is 1. The van der Waals surface area contributed by atoms with Gasteiger partial charge in [0, 0.05) is 5.70 Å². The second-order valence-electron chi connectivity index (χ2n) is 2.46. The predicted molar refractivity (Wildman–Crippen MR) is 44.8 cm³/mol. The molecule has 62 valence electrons. The van der Waals surface area contributed by atoms with Crippen LogP contribution in [0.4, 0.5) is 0 Å². The van der Waals surface area contributed by atoms with Crippen LogP contribution in [0, 0.1) is 5.92 Å². The SMILES string of the molecule is CC(C)/C(N)=C/C(N)=NC=O. The summed E-state index contributed by atoms with van der Waals surface area (Å²) in [6.45, 7) is 3.86. The summed E-state index contributed by atoms with van der Waals surface area (Å²) in [6, 6.07) is 0. The molecule has 0 fully saturated rings. The second-order valence-corrected chi connectivity index (χ2v) is 2.46. The van der Waals surface area contributed by atoms with Crippen molar-refractivity contribution in [2.45, 2.75) is 13.8 Å². The van der Waals surface area contributed by atoms with Gasteiger partial charge in [0.2, 0.25) is 6.41 Å². The highest BCUT2D eigenvalue weighted by Gasteiger charge is 1.96. The first-order valence-electron chi connectivity index (χ1n) is 3.32. The Bertz CT molecular complexity index is 194. The molecular weight excluding hydrogens is 142 g/mol. The molecule has 0 aliphatic carbocycles. The number of nitrogens with two attached hydrogens (primary N) is 2. The van der Waals surface area contributed by atoms with Gasteiger partial charge in [-0.05, 0) is 12.0 Å². The molecule has 0 aromatic rings. The van der Waals surface area contributed by atoms with E-state index in [2.05, 4.69) is 4.99 Å². The van der Waals surface area contributed by atoms with Crippen molar-refractivity contribution in [2.24, 2.45) is 22.4 Å². The van der Waals surface area contributed by atoms with Crippen LogP contribution >= 0.6 is 0 Å². The average molecular weight is 155 g/mol. The van der Waals surface area contributed by atoms with Crippen LogP contribution in [0.5, 0.6) is 0 Å². The lowest BCUT2D eigenvalue weighted by atomic mass is 10.1. The summed E-state index contributed by atoms with van der Waals surface area (Å²) in [6.07, 6.45) is 1.87. The number of allylic oxidation sites excluding steroid dienone is 1. The van der Waals surface area contributed by atoms with E-state index in [1.807, 2.05) is 13.8 Å². The quantitative estimate of drug-likeness (QED) is 0.342. The third kappa shape index (κ3) is 4.13. The van der Waals surface area contributed by atoms with Gasteiger partial charge >= 0.3 is 0 Å². The van der Waals surface area contributed by atoms with E-state index in [1.165, 1.54) is 6.08 Å². The van der Waals surface area contributed by atoms with E-state index >= 15 is 0 Å². The molecule has 0 heterocycles. The highest BCUT2D eigenvalue weighted by Crippen LogP contribution is 2.00. The summed E-state index contributed by atoms with van der Waals surface area (Å²) in [5.74, 6) is 0.363. The number of amidine groups is 1. The van der Waals surface area contributed by atoms with Gasteiger partial charge in [0.25, 0.3) is 0 Å². The zero-order chi connectivity index (χ0) is 8.85. The number of rotatable bonds is 3. The lowest BCUT2D eigenvalue weighted by molar-refractivity contribution is -0.106. The molecule has 0 bridgehead atoms. The van der Waals surface area contributed by atoms with Gasteiger partial charge < -0.3 is 11.5 Å². The molecule has 4 nitrogen and oxygen atoms in total. The molecule has 11 heavy (non-hydrogen) atoms. The van der Waals surface area contributed by atoms with Crippen LogP contribution in [0.15, 0.2) is 16.8 Å². The van der Waals surface area contributed by atoms with Crippen molar-refractivity contribution in [2.75, 3.05) is 0 Å². The average Bonchev–Trinajstić information content (AvgIpc) is 1.87. The first kappa shape index (κ1) is 9.68. The van der Waals surface area contributed by atoms with Crippen molar-refractivity contribution < 1.29 is 4.79 Å². The van der Waals surface area contributed by atoms with Crippen LogP contribution in [0.2, 0.25) is 0 Å². The molecule has 0 aliphatic rings. The van der Waals surface area contributed by atoms with Crippen LogP contribution in [0.3, 0.4) is 0 Å². The van der Waals surface area contributed by atoms with Crippen molar-refractivity contribution in [1.29, 1.82) is 0 Å². The summed E-state index contributed by atoms with van der Waals surface area (Å²) in [5, 5.41) is 0. The number of carbonyl (C=O) groups excluding carboxylic acids is 1. The molecule has 0 saturated heterocycles. The van der Waals surface area contributed by atoms with Gasteiger partial charge in [-0.15, -0.1) is 0 Å². The van der Waals surface area contributed by atoms with E-state index in [-0.39, 0.29) is 11.8 Å². The molecule has 4 heteroatoms. The molecule has 1 amide bonds. The van der Waals surface area contributed by atoms with Crippen LogP contribution < -0.4 is 11.5 Å². The Balaban J connectivity index is 4.30. The van der Waals surface area contributed by atoms with Crippen molar-refractivity contribution in [1.82, 2.24) is 0 Å². The molecule has 0 aliphatic heterocycles. The molecule has 0 spiro atoms. The molecule has 0 radical (unpaired) electrons. The largest absolute Gasteiger partial charge is 0.402 e. The molecule has 0 aromatic heterocycles. The fourth-order valence-corrected chi connectivity index (χ4v) is 0.436. The summed E-state index contributed by atoms with van der Waals surface area (Å²) in [4.78, 5) is 13.1. The Morgan fingerprint density at radius 2 is 2.00 bits per heavy atom. The lowest BCUT2D eigenvalue weighted by Gasteiger charge is -2.02. The highest BCUT2D eigenvalue weighted by molar-refractivity contribution is 5.95. The molecule has 0 atom stereocenters. The van der Waals surface area contributed by atoms with Crippen molar-refractivity contribution >= 4 is 12.2 Å². The van der Waals surface area contributed by atoms with Crippen molar-refractivity contribution in [3.8, 4) is 0 Å². The molecule has 4 N–H and O–H groups in total. The summed E-state index contributed by atoms with van der Waals surface area (Å²) >= 11 is 0. The van der Waals surface area contributed by atoms with E-state index in [0.29, 0.717) is 12.1 Å². The third-order valence-corrected chi connectivity index (χ3v) is 1.18. The first-order valence-corrected chi connectivity index (χ1v) is 3.32. The molecule has 0 saturated carbocycles. The minimum absolute atomic E-state index is 0.145. The normalized spacial score (nSPS) is 13.7. The lowest BCUT2D eigenvalue weighted by Crippen LogP contribution is -2.14. The van der Waals surface area contributed by atoms with Crippen LogP contribution in [0.25, 0.3) is 0 Å². The Labute approximate surface area is 66.0 Å². The van der Waals surface area contributed by atoms with Gasteiger partial charge in [-0.2, -0.15) is 4.99 Å². The minimum atomic E-state index is 0.145. The van der Waals surface area contributed by atoms with Crippen LogP contribution in [-0.2, 0) is 4.79 Å². The number of amides is 1. The fraction of sp³-hybridized carbons (Fsp3) is 0.429. The predicted octanol–water partition coefficient (Wildman–Crippen LogP) is -0.00140. The molecule has 0 rings (SSSR count). The number of carbonyl (C=O) groups is 1. The second kappa shape index (κ2) is 4.49. The third-order valence-electron chi connectivity index (χ3n) is 1.18. The van der Waals surface area contributed by atoms with Crippen molar-refractivity contribution in [3.63, 3.8) is 0 Å². The van der Waals surface area contributed by atoms with E-state index < -0.39 is 0 Å². The van der Waals surface area contributed by atoms with Gasteiger partial charge in [-0.3, -0.25) is 4.79 Å². The smallest absolute Gasteiger partial charge is 0.234 e. The zero-order valence-electron chi connectivity index (χ0n) is 6.74. The topological polar surface area (TPSA) is 81.5 Å². The molecule has 0 unspecified atom stereocenters. The number of aliphatic imine (C=N–C) groups is 1. The fourth-order valence-electron chi connectivity index (χ4n) is 0.436. The van der Waals surface area contributed by atoms with Crippen LogP contribution in [-0.4, -0.2) is 12.2 Å². The summed E-state index contributed by atoms with van der Waals surface area (Å²) in [7, 11) is 0. The number of hydrogen-bond acceptors (Lipinski definition) is 2. The maximum Gasteiger partial charge on any atom is 0.234 e. The monoisotopic (exact) mass is 155 g/mol. The van der Waals surface area contributed by atoms with Gasteiger partial charge in [0.15, 0.2) is 0 Å². The van der Waals surface area contributed by atoms with E-state index in [9.17, 15) is 4.79 Å². The summed E-state index contributed by atoms with van der Waals surface area (Å²) in [5.41, 5.74) is 11.4. The zero-order valence-corrected chi connectivity index (χ0v) is 6.74. The maximum atomic E-state index is 9.83. The minimum Gasteiger partial charge on any atom is -0.402 e. The number of hydrogen-bond donors (Lipinski definition) is 2. The highest BCUT2D eigenvalue weighted by atomic mass is 16.1. The van der Waals surface area contributed by atoms with E-state index in [1.54, 1.807) is 0 Å². The maximum absolute atomic E-state index is 9.83. The van der Waals surface area contributed by atoms with Crippen LogP contribution in [0.1, 0.15) is 13.8 Å². The summed E-state index contributed by atoms with van der Waals surface area (Å²) < 4.78 is 0. The standard InChI is InChI=1S/C7H13N3O/c1-5(2)6(8)3-7(9)10-4-11/h3-5H,8H2,1-2H3,(H2,9,10,11)/b6-3-. The van der Waals surface area contributed by atoms with E-state index in [4.69, 9.17) is 11.5 Å². The van der Waals surface area contributed by atoms with Gasteiger partial charge in [0.05, 0.1) is 0 Å². The van der Waals surface area contributed by atoms with Gasteiger partial charge in [0.1, 0.15) is 5.84 Å². The Morgan fingerprint density at radius 3 is 2.36 bits per heavy atom. The van der Waals surface area contributed by atoms with Gasteiger partial charge in [-0.1, -0.05) is 13.8 Å². The first-order chi connectivity index (χ1) is 5.07. The molecular formula is C7H13N3O. The van der Waals surface area contributed by atoms with Crippen molar-refractivity contribution in [3.05, 3.63) is 11.8 Å². The molecule has 0 aromatic carbocycles. The van der Waals surface area contributed by atoms with Gasteiger partial charge in [-0.25, -0.2) is 0 Å². The van der Waals surface area contributed by atoms with E-state index in [0.717, 1.165) is 0 Å².